The minimum atomic E-state index is -3.40. The molecule has 1 amide bonds. The Morgan fingerprint density at radius 2 is 1.77 bits per heavy atom. The number of pyridine rings is 1. The lowest BCUT2D eigenvalue weighted by Gasteiger charge is -2.36. The van der Waals surface area contributed by atoms with Crippen LogP contribution in [-0.4, -0.2) is 63.2 Å². The summed E-state index contributed by atoms with van der Waals surface area (Å²) >= 11 is 0. The van der Waals surface area contributed by atoms with Crippen molar-refractivity contribution in [3.8, 4) is 0 Å². The molecule has 1 N–H and O–H groups in total. The summed E-state index contributed by atoms with van der Waals surface area (Å²) in [5, 5.41) is 2.86. The molecule has 0 radical (unpaired) electrons. The summed E-state index contributed by atoms with van der Waals surface area (Å²) in [5.74, 6) is 0.147. The topological polar surface area (TPSA) is 82.6 Å². The molecule has 2 heterocycles. The van der Waals surface area contributed by atoms with Crippen LogP contribution in [0.1, 0.15) is 0 Å². The van der Waals surface area contributed by atoms with Crippen LogP contribution in [0, 0.1) is 0 Å². The van der Waals surface area contributed by atoms with E-state index in [-0.39, 0.29) is 23.2 Å². The van der Waals surface area contributed by atoms with Gasteiger partial charge in [0.25, 0.3) is 0 Å². The average molecular weight is 374 g/mol. The zero-order chi connectivity index (χ0) is 18.6. The second-order valence-corrected chi connectivity index (χ2v) is 8.16. The minimum Gasteiger partial charge on any atom is -0.368 e. The first kappa shape index (κ1) is 18.2. The molecule has 0 atom stereocenters. The number of hydrogen-bond donors (Lipinski definition) is 1. The molecular weight excluding hydrogens is 352 g/mol. The molecule has 7 nitrogen and oxygen atoms in total. The van der Waals surface area contributed by atoms with Crippen LogP contribution in [0.25, 0.3) is 0 Å². The van der Waals surface area contributed by atoms with Crippen molar-refractivity contribution >= 4 is 27.2 Å². The highest BCUT2D eigenvalue weighted by molar-refractivity contribution is 7.90. The summed E-state index contributed by atoms with van der Waals surface area (Å²) in [6.45, 7) is 2.83. The number of amides is 1. The Balaban J connectivity index is 1.56. The first-order valence-electron chi connectivity index (χ1n) is 8.42. The molecule has 1 aliphatic heterocycles. The Morgan fingerprint density at radius 3 is 2.42 bits per heavy atom. The molecule has 0 spiro atoms. The SMILES string of the molecule is CS(=O)(=O)c1cccnc1NCC(=O)N1CCN(c2ccccc2)CC1. The number of nitrogens with one attached hydrogen (secondary N) is 1. The standard InChI is InChI=1S/C18H22N4O3S/c1-26(24,25)16-8-5-9-19-18(16)20-14-17(23)22-12-10-21(11-13-22)15-6-3-2-4-7-15/h2-9H,10-14H2,1H3,(H,19,20). The Kier molecular flexibility index (Phi) is 5.41. The number of carbonyl (C=O) groups is 1. The lowest BCUT2D eigenvalue weighted by molar-refractivity contribution is -0.129. The van der Waals surface area contributed by atoms with E-state index in [1.54, 1.807) is 11.0 Å². The average Bonchev–Trinajstić information content (AvgIpc) is 2.66. The van der Waals surface area contributed by atoms with Crippen molar-refractivity contribution in [3.63, 3.8) is 0 Å². The zero-order valence-corrected chi connectivity index (χ0v) is 15.4. The largest absolute Gasteiger partial charge is 0.368 e. The van der Waals surface area contributed by atoms with E-state index >= 15 is 0 Å². The quantitative estimate of drug-likeness (QED) is 0.848. The second kappa shape index (κ2) is 7.74. The van der Waals surface area contributed by atoms with Crippen molar-refractivity contribution in [2.45, 2.75) is 4.90 Å². The van der Waals surface area contributed by atoms with Crippen molar-refractivity contribution in [2.24, 2.45) is 0 Å². The maximum Gasteiger partial charge on any atom is 0.242 e. The molecule has 0 unspecified atom stereocenters. The number of piperazine rings is 1. The van der Waals surface area contributed by atoms with Gasteiger partial charge in [0, 0.05) is 44.3 Å². The van der Waals surface area contributed by atoms with Crippen LogP contribution in [-0.2, 0) is 14.6 Å². The third-order valence-corrected chi connectivity index (χ3v) is 5.46. The Hall–Kier alpha value is -2.61. The fourth-order valence-corrected chi connectivity index (χ4v) is 3.75. The highest BCUT2D eigenvalue weighted by atomic mass is 32.2. The van der Waals surface area contributed by atoms with Crippen molar-refractivity contribution in [2.75, 3.05) is 49.2 Å². The third-order valence-electron chi connectivity index (χ3n) is 4.33. The van der Waals surface area contributed by atoms with E-state index in [2.05, 4.69) is 27.3 Å². The second-order valence-electron chi connectivity index (χ2n) is 6.18. The summed E-state index contributed by atoms with van der Waals surface area (Å²) in [6.07, 6.45) is 2.62. The number of rotatable bonds is 5. The summed E-state index contributed by atoms with van der Waals surface area (Å²) in [5.41, 5.74) is 1.16. The number of benzene rings is 1. The first-order chi connectivity index (χ1) is 12.4. The summed E-state index contributed by atoms with van der Waals surface area (Å²) in [4.78, 5) is 20.6. The molecule has 26 heavy (non-hydrogen) atoms. The number of aromatic nitrogens is 1. The molecule has 1 aromatic heterocycles. The lowest BCUT2D eigenvalue weighted by Crippen LogP contribution is -2.50. The maximum absolute atomic E-state index is 12.4. The molecule has 1 aromatic carbocycles. The van der Waals surface area contributed by atoms with E-state index in [4.69, 9.17) is 0 Å². The predicted molar refractivity (Wildman–Crippen MR) is 101 cm³/mol. The van der Waals surface area contributed by atoms with Crippen LogP contribution in [0.4, 0.5) is 11.5 Å². The van der Waals surface area contributed by atoms with E-state index in [0.29, 0.717) is 13.1 Å². The van der Waals surface area contributed by atoms with E-state index in [1.807, 2.05) is 18.2 Å². The van der Waals surface area contributed by atoms with Gasteiger partial charge in [-0.25, -0.2) is 13.4 Å². The molecule has 0 aliphatic carbocycles. The Labute approximate surface area is 153 Å². The fourth-order valence-electron chi connectivity index (χ4n) is 2.95. The van der Waals surface area contributed by atoms with Gasteiger partial charge in [0.15, 0.2) is 9.84 Å². The van der Waals surface area contributed by atoms with Gasteiger partial charge in [0.05, 0.1) is 6.54 Å². The Bertz CT molecular complexity index is 863. The lowest BCUT2D eigenvalue weighted by atomic mass is 10.2. The number of para-hydroxylation sites is 1. The number of carbonyl (C=O) groups excluding carboxylic acids is 1. The monoisotopic (exact) mass is 374 g/mol. The predicted octanol–water partition coefficient (Wildman–Crippen LogP) is 1.25. The maximum atomic E-state index is 12.4. The minimum absolute atomic E-state index is 0.0187. The number of nitrogens with zero attached hydrogens (tertiary/aromatic N) is 3. The van der Waals surface area contributed by atoms with Gasteiger partial charge in [-0.15, -0.1) is 0 Å². The van der Waals surface area contributed by atoms with Gasteiger partial charge in [-0.2, -0.15) is 0 Å². The smallest absolute Gasteiger partial charge is 0.242 e. The van der Waals surface area contributed by atoms with Crippen LogP contribution in [0.15, 0.2) is 53.6 Å². The molecule has 0 saturated carbocycles. The van der Waals surface area contributed by atoms with Crippen LogP contribution in [0.2, 0.25) is 0 Å². The molecule has 0 bridgehead atoms. The zero-order valence-electron chi connectivity index (χ0n) is 14.6. The van der Waals surface area contributed by atoms with E-state index in [0.717, 1.165) is 25.0 Å². The van der Waals surface area contributed by atoms with Gasteiger partial charge in [0.2, 0.25) is 5.91 Å². The summed E-state index contributed by atoms with van der Waals surface area (Å²) < 4.78 is 23.6. The molecular formula is C18H22N4O3S. The van der Waals surface area contributed by atoms with Crippen LogP contribution < -0.4 is 10.2 Å². The van der Waals surface area contributed by atoms with Gasteiger partial charge >= 0.3 is 0 Å². The van der Waals surface area contributed by atoms with Gasteiger partial charge in [-0.1, -0.05) is 18.2 Å². The first-order valence-corrected chi connectivity index (χ1v) is 10.3. The molecule has 3 rings (SSSR count). The number of anilines is 2. The van der Waals surface area contributed by atoms with Crippen molar-refractivity contribution in [1.29, 1.82) is 0 Å². The van der Waals surface area contributed by atoms with Gasteiger partial charge < -0.3 is 15.1 Å². The summed E-state index contributed by atoms with van der Waals surface area (Å²) in [6, 6.07) is 13.2. The van der Waals surface area contributed by atoms with Gasteiger partial charge in [-0.3, -0.25) is 4.79 Å². The Morgan fingerprint density at radius 1 is 1.08 bits per heavy atom. The van der Waals surface area contributed by atoms with E-state index in [1.165, 1.54) is 12.3 Å². The van der Waals surface area contributed by atoms with Crippen LogP contribution >= 0.6 is 0 Å². The van der Waals surface area contributed by atoms with E-state index < -0.39 is 9.84 Å². The molecule has 138 valence electrons. The van der Waals surface area contributed by atoms with Crippen molar-refractivity contribution in [1.82, 2.24) is 9.88 Å². The third kappa shape index (κ3) is 4.32. The summed E-state index contributed by atoms with van der Waals surface area (Å²) in [7, 11) is -3.40. The van der Waals surface area contributed by atoms with Gasteiger partial charge in [0.1, 0.15) is 10.7 Å². The normalized spacial score (nSPS) is 15.0. The molecule has 1 fully saturated rings. The van der Waals surface area contributed by atoms with Crippen LogP contribution in [0.5, 0.6) is 0 Å². The van der Waals surface area contributed by atoms with Crippen LogP contribution in [0.3, 0.4) is 0 Å². The highest BCUT2D eigenvalue weighted by Crippen LogP contribution is 2.18. The molecule has 2 aromatic rings. The molecule has 8 heteroatoms. The van der Waals surface area contributed by atoms with Crippen molar-refractivity contribution < 1.29 is 13.2 Å². The number of hydrogen-bond acceptors (Lipinski definition) is 6. The molecule has 1 aliphatic rings. The van der Waals surface area contributed by atoms with E-state index in [9.17, 15) is 13.2 Å². The number of sulfone groups is 1. The van der Waals surface area contributed by atoms with Gasteiger partial charge in [-0.05, 0) is 24.3 Å². The van der Waals surface area contributed by atoms with Crippen molar-refractivity contribution in [3.05, 3.63) is 48.7 Å². The highest BCUT2D eigenvalue weighted by Gasteiger charge is 2.22. The fraction of sp³-hybridized carbons (Fsp3) is 0.333. The molecule has 1 saturated heterocycles.